The van der Waals surface area contributed by atoms with E-state index in [1.54, 1.807) is 4.90 Å². The van der Waals surface area contributed by atoms with Crippen molar-refractivity contribution < 1.29 is 31.1 Å². The maximum Gasteiger partial charge on any atom is 0.417 e. The van der Waals surface area contributed by atoms with E-state index in [4.69, 9.17) is 9.88 Å². The van der Waals surface area contributed by atoms with Crippen molar-refractivity contribution in [3.8, 4) is 0 Å². The number of aromatic nitrogens is 1. The monoisotopic (exact) mass is 430 g/mol. The zero-order chi connectivity index (χ0) is 21.2. The molecule has 0 radical (unpaired) electrons. The molecule has 1 aromatic heterocycles. The molecule has 0 spiro atoms. The van der Waals surface area contributed by atoms with Crippen LogP contribution in [-0.2, 0) is 20.9 Å². The average molecular weight is 430 g/mol. The molecule has 1 saturated heterocycles. The van der Waals surface area contributed by atoms with Gasteiger partial charge in [0.25, 0.3) is 5.91 Å². The lowest BCUT2D eigenvalue weighted by Crippen LogP contribution is -2.38. The third kappa shape index (κ3) is 5.02. The quantitative estimate of drug-likeness (QED) is 0.765. The van der Waals surface area contributed by atoms with Crippen LogP contribution in [-0.4, -0.2) is 45.6 Å². The predicted molar refractivity (Wildman–Crippen MR) is 98.0 cm³/mol. The molecule has 0 atom stereocenters. The Kier molecular flexibility index (Phi) is 5.78. The van der Waals surface area contributed by atoms with Gasteiger partial charge in [0.15, 0.2) is 0 Å². The number of carbonyl (C=O) groups excluding carboxylic acids is 1. The Morgan fingerprint density at radius 2 is 1.90 bits per heavy atom. The number of primary sulfonamides is 1. The Hall–Kier alpha value is -2.70. The molecule has 156 valence electrons. The van der Waals surface area contributed by atoms with Crippen LogP contribution >= 0.6 is 0 Å². The van der Waals surface area contributed by atoms with Crippen LogP contribution in [0.15, 0.2) is 41.4 Å². The largest absolute Gasteiger partial charge is 0.417 e. The van der Waals surface area contributed by atoms with E-state index in [0.717, 1.165) is 12.1 Å². The van der Waals surface area contributed by atoms with Gasteiger partial charge < -0.3 is 15.0 Å². The predicted octanol–water partition coefficient (Wildman–Crippen LogP) is 1.84. The van der Waals surface area contributed by atoms with E-state index in [-0.39, 0.29) is 22.0 Å². The minimum absolute atomic E-state index is 0.0619. The Balaban J connectivity index is 1.97. The first-order valence-electron chi connectivity index (χ1n) is 8.40. The molecule has 0 saturated carbocycles. The number of alkyl halides is 3. The molecule has 2 heterocycles. The summed E-state index contributed by atoms with van der Waals surface area (Å²) < 4.78 is 67.5. The van der Waals surface area contributed by atoms with Crippen LogP contribution in [0.3, 0.4) is 0 Å². The summed E-state index contributed by atoms with van der Waals surface area (Å²) in [4.78, 5) is 18.0. The summed E-state index contributed by atoms with van der Waals surface area (Å²) in [6.45, 7) is 1.42. The van der Waals surface area contributed by atoms with Gasteiger partial charge in [-0.3, -0.25) is 4.79 Å². The number of nitrogens with two attached hydrogens (primary N) is 1. The van der Waals surface area contributed by atoms with E-state index >= 15 is 0 Å². The number of morpholine rings is 1. The van der Waals surface area contributed by atoms with Crippen LogP contribution in [0.2, 0.25) is 0 Å². The minimum atomic E-state index is -4.68. The molecule has 3 rings (SSSR count). The van der Waals surface area contributed by atoms with Gasteiger partial charge >= 0.3 is 6.18 Å². The lowest BCUT2D eigenvalue weighted by atomic mass is 10.1. The summed E-state index contributed by atoms with van der Waals surface area (Å²) in [5.41, 5.74) is -1.30. The van der Waals surface area contributed by atoms with Crippen molar-refractivity contribution in [2.75, 3.05) is 36.5 Å². The second-order valence-electron chi connectivity index (χ2n) is 6.22. The van der Waals surface area contributed by atoms with Crippen molar-refractivity contribution in [2.45, 2.75) is 11.1 Å². The van der Waals surface area contributed by atoms with E-state index in [1.807, 2.05) is 0 Å². The SMILES string of the molecule is NS(=O)(=O)c1cccc(NC(=O)c2cc(C(F)(F)F)cnc2N2CCOCC2)c1. The number of hydrogen-bond donors (Lipinski definition) is 2. The van der Waals surface area contributed by atoms with Crippen LogP contribution < -0.4 is 15.4 Å². The molecule has 1 fully saturated rings. The van der Waals surface area contributed by atoms with Gasteiger partial charge in [-0.25, -0.2) is 18.5 Å². The lowest BCUT2D eigenvalue weighted by Gasteiger charge is -2.29. The first kappa shape index (κ1) is 21.0. The summed E-state index contributed by atoms with van der Waals surface area (Å²) >= 11 is 0. The molecular weight excluding hydrogens is 413 g/mol. The van der Waals surface area contributed by atoms with E-state index < -0.39 is 27.7 Å². The van der Waals surface area contributed by atoms with Crippen molar-refractivity contribution in [1.82, 2.24) is 4.98 Å². The minimum Gasteiger partial charge on any atom is -0.378 e. The summed E-state index contributed by atoms with van der Waals surface area (Å²) in [5, 5.41) is 7.47. The number of nitrogens with zero attached hydrogens (tertiary/aromatic N) is 2. The number of anilines is 2. The molecule has 1 amide bonds. The average Bonchev–Trinajstić information content (AvgIpc) is 2.67. The highest BCUT2D eigenvalue weighted by atomic mass is 32.2. The normalized spacial score (nSPS) is 15.2. The molecule has 2 aromatic rings. The topological polar surface area (TPSA) is 115 Å². The van der Waals surface area contributed by atoms with E-state index in [0.29, 0.717) is 32.5 Å². The summed E-state index contributed by atoms with van der Waals surface area (Å²) in [6.07, 6.45) is -4.01. The van der Waals surface area contributed by atoms with Gasteiger partial charge in [-0.1, -0.05) is 6.07 Å². The van der Waals surface area contributed by atoms with Crippen LogP contribution in [0.5, 0.6) is 0 Å². The van der Waals surface area contributed by atoms with Crippen LogP contribution in [0.25, 0.3) is 0 Å². The molecule has 0 bridgehead atoms. The number of amides is 1. The summed E-state index contributed by atoms with van der Waals surface area (Å²) in [7, 11) is -4.01. The van der Waals surface area contributed by atoms with Gasteiger partial charge in [-0.05, 0) is 24.3 Å². The van der Waals surface area contributed by atoms with Crippen molar-refractivity contribution in [1.29, 1.82) is 0 Å². The highest BCUT2D eigenvalue weighted by Gasteiger charge is 2.33. The van der Waals surface area contributed by atoms with Crippen molar-refractivity contribution in [2.24, 2.45) is 5.14 Å². The molecular formula is C17H17F3N4O4S. The second-order valence-corrected chi connectivity index (χ2v) is 7.78. The number of ether oxygens (including phenoxy) is 1. The highest BCUT2D eigenvalue weighted by Crippen LogP contribution is 2.32. The third-order valence-electron chi connectivity index (χ3n) is 4.17. The maximum absolute atomic E-state index is 13.1. The second kappa shape index (κ2) is 7.97. The fourth-order valence-electron chi connectivity index (χ4n) is 2.76. The smallest absolute Gasteiger partial charge is 0.378 e. The van der Waals surface area contributed by atoms with Gasteiger partial charge in [0.1, 0.15) is 5.82 Å². The Bertz CT molecular complexity index is 1020. The van der Waals surface area contributed by atoms with Gasteiger partial charge in [-0.15, -0.1) is 0 Å². The van der Waals surface area contributed by atoms with Crippen molar-refractivity contribution >= 4 is 27.4 Å². The van der Waals surface area contributed by atoms with Crippen LogP contribution in [0, 0.1) is 0 Å². The Morgan fingerprint density at radius 3 is 2.52 bits per heavy atom. The zero-order valence-electron chi connectivity index (χ0n) is 14.9. The summed E-state index contributed by atoms with van der Waals surface area (Å²) in [5.74, 6) is -0.780. The molecule has 3 N–H and O–H groups in total. The third-order valence-corrected chi connectivity index (χ3v) is 5.08. The molecule has 29 heavy (non-hydrogen) atoms. The van der Waals surface area contributed by atoms with Crippen LogP contribution in [0.4, 0.5) is 24.7 Å². The van der Waals surface area contributed by atoms with Gasteiger partial charge in [-0.2, -0.15) is 13.2 Å². The number of halogens is 3. The van der Waals surface area contributed by atoms with Crippen LogP contribution in [0.1, 0.15) is 15.9 Å². The number of benzene rings is 1. The first-order valence-corrected chi connectivity index (χ1v) is 9.94. The number of hydrogen-bond acceptors (Lipinski definition) is 6. The lowest BCUT2D eigenvalue weighted by molar-refractivity contribution is -0.137. The fraction of sp³-hybridized carbons (Fsp3) is 0.294. The van der Waals surface area contributed by atoms with E-state index in [2.05, 4.69) is 10.3 Å². The summed E-state index contributed by atoms with van der Waals surface area (Å²) in [6, 6.07) is 5.81. The number of sulfonamides is 1. The van der Waals surface area contributed by atoms with Crippen molar-refractivity contribution in [3.05, 3.63) is 47.7 Å². The fourth-order valence-corrected chi connectivity index (χ4v) is 3.32. The number of pyridine rings is 1. The van der Waals surface area contributed by atoms with E-state index in [9.17, 15) is 26.4 Å². The molecule has 0 unspecified atom stereocenters. The van der Waals surface area contributed by atoms with Crippen molar-refractivity contribution in [3.63, 3.8) is 0 Å². The molecule has 8 nitrogen and oxygen atoms in total. The molecule has 12 heteroatoms. The number of carbonyl (C=O) groups is 1. The maximum atomic E-state index is 13.1. The Labute approximate surface area is 164 Å². The molecule has 0 aliphatic carbocycles. The van der Waals surface area contributed by atoms with Gasteiger partial charge in [0.05, 0.1) is 29.2 Å². The van der Waals surface area contributed by atoms with Gasteiger partial charge in [0, 0.05) is 25.0 Å². The van der Waals surface area contributed by atoms with Gasteiger partial charge in [0.2, 0.25) is 10.0 Å². The van der Waals surface area contributed by atoms with E-state index in [1.165, 1.54) is 18.2 Å². The molecule has 1 aromatic carbocycles. The zero-order valence-corrected chi connectivity index (χ0v) is 15.8. The highest BCUT2D eigenvalue weighted by molar-refractivity contribution is 7.89. The Morgan fingerprint density at radius 1 is 1.21 bits per heavy atom. The first-order chi connectivity index (χ1) is 13.6. The molecule has 1 aliphatic rings. The standard InChI is InChI=1S/C17H17F3N4O4S/c18-17(19,20)11-8-14(15(22-10-11)24-4-6-28-7-5-24)16(25)23-12-2-1-3-13(9-12)29(21,26)27/h1-3,8-10H,4-7H2,(H,23,25)(H2,21,26,27). The number of nitrogens with one attached hydrogen (secondary N) is 1. The molecule has 1 aliphatic heterocycles. The number of rotatable bonds is 4.